The van der Waals surface area contributed by atoms with E-state index in [2.05, 4.69) is 0 Å². The number of hydrogen-bond acceptors (Lipinski definition) is 3. The van der Waals surface area contributed by atoms with E-state index in [9.17, 15) is 8.42 Å². The number of methoxy groups -OCH3 is 1. The molecule has 0 N–H and O–H groups in total. The Morgan fingerprint density at radius 2 is 2.05 bits per heavy atom. The maximum Gasteiger partial charge on any atom is 0.243 e. The van der Waals surface area contributed by atoms with E-state index in [1.54, 1.807) is 13.0 Å². The number of ether oxygens (including phenoxy) is 1. The molecule has 0 saturated heterocycles. The summed E-state index contributed by atoms with van der Waals surface area (Å²) in [7, 11) is -0.535. The van der Waals surface area contributed by atoms with E-state index in [4.69, 9.17) is 27.9 Å². The van der Waals surface area contributed by atoms with Crippen LogP contribution in [0.4, 0.5) is 0 Å². The van der Waals surface area contributed by atoms with Gasteiger partial charge >= 0.3 is 0 Å². The summed E-state index contributed by atoms with van der Waals surface area (Å²) in [5, 5.41) is 0.351. The Labute approximate surface area is 124 Å². The zero-order valence-electron chi connectivity index (χ0n) is 11.1. The molecule has 0 bridgehead atoms. The summed E-state index contributed by atoms with van der Waals surface area (Å²) >= 11 is 11.7. The first kappa shape index (κ1) is 16.7. The fourth-order valence-corrected chi connectivity index (χ4v) is 3.53. The number of nitrogens with zero attached hydrogens (tertiary/aromatic N) is 1. The summed E-state index contributed by atoms with van der Waals surface area (Å²) in [5.41, 5.74) is 0.704. The number of likely N-dealkylation sites (N-methyl/N-ethyl adjacent to an activating group) is 1. The van der Waals surface area contributed by atoms with Crippen molar-refractivity contribution in [2.75, 3.05) is 20.8 Å². The molecule has 1 atom stereocenters. The molecule has 0 amide bonds. The Bertz CT molecular complexity index is 534. The molecule has 0 aliphatic heterocycles. The van der Waals surface area contributed by atoms with Crippen molar-refractivity contribution in [3.8, 4) is 0 Å². The predicted molar refractivity (Wildman–Crippen MR) is 77.3 cm³/mol. The highest BCUT2D eigenvalue weighted by Gasteiger charge is 2.25. The molecule has 19 heavy (non-hydrogen) atoms. The second-order valence-corrected chi connectivity index (χ2v) is 6.88. The van der Waals surface area contributed by atoms with E-state index in [0.29, 0.717) is 17.2 Å². The number of rotatable bonds is 6. The maximum atomic E-state index is 12.4. The predicted octanol–water partition coefficient (Wildman–Crippen LogP) is 2.73. The maximum absolute atomic E-state index is 12.4. The van der Waals surface area contributed by atoms with Crippen LogP contribution in [0.5, 0.6) is 0 Å². The van der Waals surface area contributed by atoms with Gasteiger partial charge in [-0.1, -0.05) is 17.7 Å². The highest BCUT2D eigenvalue weighted by Crippen LogP contribution is 2.24. The SMILES string of the molecule is COCC(C)N(C)S(=O)(=O)c1ccc(CCl)c(Cl)c1. The Morgan fingerprint density at radius 1 is 1.42 bits per heavy atom. The third kappa shape index (κ3) is 3.83. The van der Waals surface area contributed by atoms with Crippen LogP contribution < -0.4 is 0 Å². The summed E-state index contributed by atoms with van der Waals surface area (Å²) in [5.74, 6) is 0.245. The van der Waals surface area contributed by atoms with Crippen LogP contribution in [0, 0.1) is 0 Å². The lowest BCUT2D eigenvalue weighted by atomic mass is 10.2. The van der Waals surface area contributed by atoms with Crippen LogP contribution in [-0.2, 0) is 20.6 Å². The number of halogens is 2. The van der Waals surface area contributed by atoms with Gasteiger partial charge in [0.2, 0.25) is 10.0 Å². The molecule has 0 heterocycles. The molecule has 1 unspecified atom stereocenters. The Morgan fingerprint density at radius 3 is 2.53 bits per heavy atom. The minimum absolute atomic E-state index is 0.150. The lowest BCUT2D eigenvalue weighted by molar-refractivity contribution is 0.149. The molecule has 1 aromatic carbocycles. The van der Waals surface area contributed by atoms with Gasteiger partial charge in [0.15, 0.2) is 0 Å². The van der Waals surface area contributed by atoms with Crippen LogP contribution >= 0.6 is 23.2 Å². The summed E-state index contributed by atoms with van der Waals surface area (Å²) in [6.45, 7) is 2.10. The van der Waals surface area contributed by atoms with Gasteiger partial charge in [0.05, 0.1) is 11.5 Å². The van der Waals surface area contributed by atoms with Crippen LogP contribution in [-0.4, -0.2) is 39.5 Å². The molecular weight excluding hydrogens is 309 g/mol. The number of hydrogen-bond donors (Lipinski definition) is 0. The van der Waals surface area contributed by atoms with E-state index in [0.717, 1.165) is 0 Å². The van der Waals surface area contributed by atoms with Gasteiger partial charge in [0.25, 0.3) is 0 Å². The molecule has 1 rings (SSSR count). The summed E-state index contributed by atoms with van der Waals surface area (Å²) in [6.07, 6.45) is 0. The molecule has 0 saturated carbocycles. The zero-order valence-corrected chi connectivity index (χ0v) is 13.4. The minimum Gasteiger partial charge on any atom is -0.383 e. The van der Waals surface area contributed by atoms with Crippen molar-refractivity contribution in [1.29, 1.82) is 0 Å². The molecular formula is C12H17Cl2NO3S. The smallest absolute Gasteiger partial charge is 0.243 e. The number of benzene rings is 1. The normalized spacial score (nSPS) is 13.8. The lowest BCUT2D eigenvalue weighted by Gasteiger charge is -2.23. The summed E-state index contributed by atoms with van der Waals surface area (Å²) < 4.78 is 31.0. The molecule has 108 valence electrons. The highest BCUT2D eigenvalue weighted by molar-refractivity contribution is 7.89. The third-order valence-electron chi connectivity index (χ3n) is 2.87. The topological polar surface area (TPSA) is 46.6 Å². The molecule has 0 aliphatic rings. The second-order valence-electron chi connectivity index (χ2n) is 4.21. The van der Waals surface area contributed by atoms with E-state index in [1.807, 2.05) is 0 Å². The van der Waals surface area contributed by atoms with Crippen molar-refractivity contribution < 1.29 is 13.2 Å². The largest absolute Gasteiger partial charge is 0.383 e. The van der Waals surface area contributed by atoms with Crippen molar-refractivity contribution in [3.63, 3.8) is 0 Å². The van der Waals surface area contributed by atoms with Crippen molar-refractivity contribution in [2.45, 2.75) is 23.7 Å². The van der Waals surface area contributed by atoms with Crippen molar-refractivity contribution >= 4 is 33.2 Å². The van der Waals surface area contributed by atoms with Crippen molar-refractivity contribution in [1.82, 2.24) is 4.31 Å². The fraction of sp³-hybridized carbons (Fsp3) is 0.500. The van der Waals surface area contributed by atoms with Gasteiger partial charge in [-0.15, -0.1) is 11.6 Å². The quantitative estimate of drug-likeness (QED) is 0.755. The van der Waals surface area contributed by atoms with E-state index < -0.39 is 10.0 Å². The Balaban J connectivity index is 3.10. The van der Waals surface area contributed by atoms with Crippen molar-refractivity contribution in [2.24, 2.45) is 0 Å². The average molecular weight is 326 g/mol. The van der Waals surface area contributed by atoms with Crippen LogP contribution in [0.15, 0.2) is 23.1 Å². The molecule has 1 aromatic rings. The van der Waals surface area contributed by atoms with Gasteiger partial charge in [-0.3, -0.25) is 0 Å². The number of sulfonamides is 1. The van der Waals surface area contributed by atoms with Gasteiger partial charge in [-0.25, -0.2) is 8.42 Å². The molecule has 0 aromatic heterocycles. The van der Waals surface area contributed by atoms with Crippen LogP contribution in [0.3, 0.4) is 0 Å². The Kier molecular flexibility index (Phi) is 6.08. The monoisotopic (exact) mass is 325 g/mol. The average Bonchev–Trinajstić information content (AvgIpc) is 2.37. The summed E-state index contributed by atoms with van der Waals surface area (Å²) in [4.78, 5) is 0.150. The van der Waals surface area contributed by atoms with Crippen molar-refractivity contribution in [3.05, 3.63) is 28.8 Å². The standard InChI is InChI=1S/C12H17Cl2NO3S/c1-9(8-18-3)15(2)19(16,17)11-5-4-10(7-13)12(14)6-11/h4-6,9H,7-8H2,1-3H3. The number of alkyl halides is 1. The Hall–Kier alpha value is -0.330. The molecule has 7 heteroatoms. The van der Waals surface area contributed by atoms with E-state index >= 15 is 0 Å². The third-order valence-corrected chi connectivity index (χ3v) is 5.48. The van der Waals surface area contributed by atoms with E-state index in [-0.39, 0.29) is 16.8 Å². The first-order valence-corrected chi connectivity index (χ1v) is 8.01. The molecule has 0 radical (unpaired) electrons. The van der Waals surface area contributed by atoms with Gasteiger partial charge < -0.3 is 4.74 Å². The minimum atomic E-state index is -3.58. The molecule has 0 fully saturated rings. The van der Waals surface area contributed by atoms with Gasteiger partial charge in [-0.2, -0.15) is 4.31 Å². The molecule has 0 spiro atoms. The van der Waals surface area contributed by atoms with E-state index in [1.165, 1.54) is 30.6 Å². The highest BCUT2D eigenvalue weighted by atomic mass is 35.5. The van der Waals surface area contributed by atoms with Gasteiger partial charge in [-0.05, 0) is 24.6 Å². The molecule has 4 nitrogen and oxygen atoms in total. The lowest BCUT2D eigenvalue weighted by Crippen LogP contribution is -2.37. The van der Waals surface area contributed by atoms with Crippen LogP contribution in [0.2, 0.25) is 5.02 Å². The zero-order chi connectivity index (χ0) is 14.6. The van der Waals surface area contributed by atoms with Crippen LogP contribution in [0.1, 0.15) is 12.5 Å². The first-order chi connectivity index (χ1) is 8.84. The summed E-state index contributed by atoms with van der Waals surface area (Å²) in [6, 6.07) is 4.29. The van der Waals surface area contributed by atoms with Gasteiger partial charge in [0, 0.05) is 31.1 Å². The first-order valence-electron chi connectivity index (χ1n) is 5.66. The second kappa shape index (κ2) is 6.90. The van der Waals surface area contributed by atoms with Gasteiger partial charge in [0.1, 0.15) is 0 Å². The molecule has 0 aliphatic carbocycles. The fourth-order valence-electron chi connectivity index (χ4n) is 1.55. The van der Waals surface area contributed by atoms with Crippen LogP contribution in [0.25, 0.3) is 0 Å².